The molecule has 6 heteroatoms. The van der Waals surface area contributed by atoms with Crippen LogP contribution < -0.4 is 4.72 Å². The smallest absolute Gasteiger partial charge is 0.307 e. The van der Waals surface area contributed by atoms with Gasteiger partial charge >= 0.3 is 5.97 Å². The number of benzene rings is 1. The predicted molar refractivity (Wildman–Crippen MR) is 60.7 cm³/mol. The van der Waals surface area contributed by atoms with Gasteiger partial charge in [-0.2, -0.15) is 0 Å². The van der Waals surface area contributed by atoms with Crippen LogP contribution in [0, 0.1) is 5.92 Å². The van der Waals surface area contributed by atoms with Gasteiger partial charge in [0.2, 0.25) is 10.0 Å². The number of anilines is 1. The van der Waals surface area contributed by atoms with E-state index in [0.29, 0.717) is 5.69 Å². The molecule has 0 fully saturated rings. The Morgan fingerprint density at radius 1 is 1.38 bits per heavy atom. The molecule has 2 N–H and O–H groups in total. The average Bonchev–Trinajstić information content (AvgIpc) is 2.17. The number of nitrogens with one attached hydrogen (secondary N) is 1. The number of rotatable bonds is 5. The molecule has 0 aliphatic carbocycles. The molecule has 1 unspecified atom stereocenters. The van der Waals surface area contributed by atoms with Crippen LogP contribution in [0.15, 0.2) is 30.3 Å². The van der Waals surface area contributed by atoms with Crippen LogP contribution >= 0.6 is 0 Å². The van der Waals surface area contributed by atoms with E-state index in [4.69, 9.17) is 5.11 Å². The summed E-state index contributed by atoms with van der Waals surface area (Å²) in [6.45, 7) is 1.35. The molecule has 0 aliphatic heterocycles. The van der Waals surface area contributed by atoms with E-state index in [1.165, 1.54) is 6.92 Å². The van der Waals surface area contributed by atoms with Crippen LogP contribution in [0.5, 0.6) is 0 Å². The zero-order valence-corrected chi connectivity index (χ0v) is 9.57. The van der Waals surface area contributed by atoms with Crippen molar-refractivity contribution in [1.29, 1.82) is 0 Å². The molecular weight excluding hydrogens is 230 g/mol. The summed E-state index contributed by atoms with van der Waals surface area (Å²) in [6.07, 6.45) is 0. The highest BCUT2D eigenvalue weighted by Crippen LogP contribution is 2.10. The number of carboxylic acid groups (broad SMARTS) is 1. The highest BCUT2D eigenvalue weighted by atomic mass is 32.2. The number of carbonyl (C=O) groups is 1. The molecule has 0 heterocycles. The van der Waals surface area contributed by atoms with Crippen molar-refractivity contribution in [2.24, 2.45) is 5.92 Å². The zero-order valence-electron chi connectivity index (χ0n) is 8.75. The van der Waals surface area contributed by atoms with Gasteiger partial charge in [0, 0.05) is 5.69 Å². The average molecular weight is 243 g/mol. The Morgan fingerprint density at radius 2 is 1.94 bits per heavy atom. The molecule has 0 aromatic heterocycles. The normalized spacial score (nSPS) is 13.1. The lowest BCUT2D eigenvalue weighted by Crippen LogP contribution is -2.25. The summed E-state index contributed by atoms with van der Waals surface area (Å²) in [4.78, 5) is 10.5. The van der Waals surface area contributed by atoms with Gasteiger partial charge in [0.15, 0.2) is 0 Å². The van der Waals surface area contributed by atoms with Crippen LogP contribution in [0.2, 0.25) is 0 Å². The second-order valence-electron chi connectivity index (χ2n) is 3.49. The van der Waals surface area contributed by atoms with Crippen LogP contribution in [-0.2, 0) is 14.8 Å². The van der Waals surface area contributed by atoms with Gasteiger partial charge in [-0.25, -0.2) is 8.42 Å². The molecule has 0 saturated heterocycles. The van der Waals surface area contributed by atoms with Gasteiger partial charge in [-0.05, 0) is 12.1 Å². The van der Waals surface area contributed by atoms with E-state index in [1.54, 1.807) is 30.3 Å². The van der Waals surface area contributed by atoms with Crippen molar-refractivity contribution in [1.82, 2.24) is 0 Å². The molecule has 5 nitrogen and oxygen atoms in total. The Hall–Kier alpha value is -1.56. The molecule has 16 heavy (non-hydrogen) atoms. The van der Waals surface area contributed by atoms with Crippen LogP contribution in [0.4, 0.5) is 5.69 Å². The Morgan fingerprint density at radius 3 is 2.44 bits per heavy atom. The first-order chi connectivity index (χ1) is 7.41. The fraction of sp³-hybridized carbons (Fsp3) is 0.300. The molecule has 0 saturated carbocycles. The third-order valence-electron chi connectivity index (χ3n) is 1.94. The molecule has 0 spiro atoms. The van der Waals surface area contributed by atoms with Crippen molar-refractivity contribution in [3.8, 4) is 0 Å². The molecule has 0 radical (unpaired) electrons. The van der Waals surface area contributed by atoms with Gasteiger partial charge in [0.1, 0.15) is 0 Å². The predicted octanol–water partition coefficient (Wildman–Crippen LogP) is 1.15. The second-order valence-corrected chi connectivity index (χ2v) is 5.26. The number of para-hydroxylation sites is 1. The lowest BCUT2D eigenvalue weighted by Gasteiger charge is -2.09. The van der Waals surface area contributed by atoms with Crippen molar-refractivity contribution < 1.29 is 18.3 Å². The number of hydrogen-bond acceptors (Lipinski definition) is 3. The van der Waals surface area contributed by atoms with E-state index >= 15 is 0 Å². The largest absolute Gasteiger partial charge is 0.481 e. The number of hydrogen-bond donors (Lipinski definition) is 2. The molecule has 88 valence electrons. The van der Waals surface area contributed by atoms with Crippen molar-refractivity contribution >= 4 is 21.7 Å². The molecule has 0 amide bonds. The summed E-state index contributed by atoms with van der Waals surface area (Å²) in [6, 6.07) is 8.35. The minimum absolute atomic E-state index is 0.431. The van der Waals surface area contributed by atoms with Crippen LogP contribution in [0.25, 0.3) is 0 Å². The topological polar surface area (TPSA) is 83.5 Å². The Bertz CT molecular complexity index is 455. The van der Waals surface area contributed by atoms with E-state index in [2.05, 4.69) is 4.72 Å². The fourth-order valence-electron chi connectivity index (χ4n) is 1.13. The van der Waals surface area contributed by atoms with Gasteiger partial charge in [-0.15, -0.1) is 0 Å². The van der Waals surface area contributed by atoms with Crippen LogP contribution in [0.3, 0.4) is 0 Å². The van der Waals surface area contributed by atoms with Gasteiger partial charge in [0.25, 0.3) is 0 Å². The van der Waals surface area contributed by atoms with Gasteiger partial charge < -0.3 is 5.11 Å². The quantitative estimate of drug-likeness (QED) is 0.812. The highest BCUT2D eigenvalue weighted by molar-refractivity contribution is 7.92. The van der Waals surface area contributed by atoms with Gasteiger partial charge in [0.05, 0.1) is 11.7 Å². The maximum Gasteiger partial charge on any atom is 0.307 e. The first-order valence-electron chi connectivity index (χ1n) is 4.69. The monoisotopic (exact) mass is 243 g/mol. The lowest BCUT2D eigenvalue weighted by molar-refractivity contribution is -0.140. The minimum Gasteiger partial charge on any atom is -0.481 e. The molecule has 0 bridgehead atoms. The number of aliphatic carboxylic acids is 1. The number of carboxylic acids is 1. The van der Waals surface area contributed by atoms with E-state index in [9.17, 15) is 13.2 Å². The SMILES string of the molecule is CC(CS(=O)(=O)Nc1ccccc1)C(=O)O. The minimum atomic E-state index is -3.61. The second kappa shape index (κ2) is 4.98. The zero-order chi connectivity index (χ0) is 12.2. The fourth-order valence-corrected chi connectivity index (χ4v) is 2.51. The molecule has 1 atom stereocenters. The number of sulfonamides is 1. The van der Waals surface area contributed by atoms with Crippen molar-refractivity contribution in [3.63, 3.8) is 0 Å². The first kappa shape index (κ1) is 12.5. The Balaban J connectivity index is 2.70. The first-order valence-corrected chi connectivity index (χ1v) is 6.34. The molecule has 1 aromatic carbocycles. The third kappa shape index (κ3) is 3.90. The molecule has 1 aromatic rings. The summed E-state index contributed by atoms with van der Waals surface area (Å²) < 4.78 is 25.4. The third-order valence-corrected chi connectivity index (χ3v) is 3.42. The summed E-state index contributed by atoms with van der Waals surface area (Å²) in [7, 11) is -3.61. The van der Waals surface area contributed by atoms with Crippen molar-refractivity contribution in [2.75, 3.05) is 10.5 Å². The van der Waals surface area contributed by atoms with Crippen molar-refractivity contribution in [2.45, 2.75) is 6.92 Å². The Labute approximate surface area is 94.2 Å². The summed E-state index contributed by atoms with van der Waals surface area (Å²) >= 11 is 0. The highest BCUT2D eigenvalue weighted by Gasteiger charge is 2.20. The van der Waals surface area contributed by atoms with Crippen LogP contribution in [0.1, 0.15) is 6.92 Å². The van der Waals surface area contributed by atoms with E-state index in [-0.39, 0.29) is 0 Å². The molecule has 0 aliphatic rings. The molecular formula is C10H13NO4S. The standard InChI is InChI=1S/C10H13NO4S/c1-8(10(12)13)7-16(14,15)11-9-5-3-2-4-6-9/h2-6,8,11H,7H2,1H3,(H,12,13). The van der Waals surface area contributed by atoms with E-state index in [0.717, 1.165) is 0 Å². The molecule has 1 rings (SSSR count). The van der Waals surface area contributed by atoms with Gasteiger partial charge in [-0.3, -0.25) is 9.52 Å². The summed E-state index contributed by atoms with van der Waals surface area (Å²) in [5.74, 6) is -2.49. The van der Waals surface area contributed by atoms with E-state index < -0.39 is 27.7 Å². The summed E-state index contributed by atoms with van der Waals surface area (Å²) in [5, 5.41) is 8.62. The van der Waals surface area contributed by atoms with Gasteiger partial charge in [-0.1, -0.05) is 25.1 Å². The van der Waals surface area contributed by atoms with E-state index in [1.807, 2.05) is 0 Å². The summed E-state index contributed by atoms with van der Waals surface area (Å²) in [5.41, 5.74) is 0.431. The maximum atomic E-state index is 11.5. The lowest BCUT2D eigenvalue weighted by atomic mass is 10.2. The maximum absolute atomic E-state index is 11.5. The van der Waals surface area contributed by atoms with Crippen LogP contribution in [-0.4, -0.2) is 25.2 Å². The Kier molecular flexibility index (Phi) is 3.89. The van der Waals surface area contributed by atoms with Crippen molar-refractivity contribution in [3.05, 3.63) is 30.3 Å².